The van der Waals surface area contributed by atoms with Crippen LogP contribution in [0.4, 0.5) is 4.39 Å². The van der Waals surface area contributed by atoms with E-state index in [1.165, 1.54) is 38.2 Å². The molecule has 1 rings (SSSR count). The Balaban J connectivity index is 2.49. The summed E-state index contributed by atoms with van der Waals surface area (Å²) in [6.45, 7) is 8.66. The minimum atomic E-state index is -0.118. The third-order valence-electron chi connectivity index (χ3n) is 3.92. The molecule has 0 heterocycles. The van der Waals surface area contributed by atoms with E-state index in [-0.39, 0.29) is 5.82 Å². The first-order valence-electron chi connectivity index (χ1n) is 8.59. The van der Waals surface area contributed by atoms with Gasteiger partial charge in [0.15, 0.2) is 0 Å². The van der Waals surface area contributed by atoms with E-state index in [0.717, 1.165) is 25.1 Å². The van der Waals surface area contributed by atoms with E-state index < -0.39 is 0 Å². The van der Waals surface area contributed by atoms with Gasteiger partial charge in [-0.2, -0.15) is 0 Å². The maximum Gasteiger partial charge on any atom is 0.123 e. The monoisotopic (exact) mass is 293 g/mol. The molecule has 0 saturated carbocycles. The fourth-order valence-electron chi connectivity index (χ4n) is 2.69. The Bertz CT molecular complexity index is 376. The Morgan fingerprint density at radius 2 is 1.81 bits per heavy atom. The lowest BCUT2D eigenvalue weighted by atomic mass is 9.92. The molecule has 0 aromatic heterocycles. The topological polar surface area (TPSA) is 12.0 Å². The van der Waals surface area contributed by atoms with Crippen molar-refractivity contribution in [1.82, 2.24) is 5.32 Å². The molecule has 1 unspecified atom stereocenters. The van der Waals surface area contributed by atoms with E-state index in [2.05, 4.69) is 32.2 Å². The van der Waals surface area contributed by atoms with E-state index in [1.807, 2.05) is 6.07 Å². The summed E-state index contributed by atoms with van der Waals surface area (Å²) in [5.41, 5.74) is 1.14. The van der Waals surface area contributed by atoms with Gasteiger partial charge in [0.25, 0.3) is 0 Å². The zero-order chi connectivity index (χ0) is 15.5. The highest BCUT2D eigenvalue weighted by Gasteiger charge is 2.12. The third kappa shape index (κ3) is 8.21. The summed E-state index contributed by atoms with van der Waals surface area (Å²) in [5.74, 6) is 0.969. The van der Waals surface area contributed by atoms with Crippen LogP contribution in [-0.2, 0) is 0 Å². The average molecular weight is 293 g/mol. The highest BCUT2D eigenvalue weighted by molar-refractivity contribution is 5.21. The molecule has 1 atom stereocenters. The quantitative estimate of drug-likeness (QED) is 0.530. The Labute approximate surface area is 130 Å². The van der Waals surface area contributed by atoms with Crippen LogP contribution in [0.5, 0.6) is 0 Å². The molecule has 2 heteroatoms. The number of benzene rings is 1. The number of halogens is 1. The van der Waals surface area contributed by atoms with Crippen molar-refractivity contribution in [2.24, 2.45) is 5.92 Å². The minimum absolute atomic E-state index is 0.118. The lowest BCUT2D eigenvalue weighted by Gasteiger charge is -2.19. The lowest BCUT2D eigenvalue weighted by molar-refractivity contribution is 0.479. The van der Waals surface area contributed by atoms with Crippen molar-refractivity contribution in [2.75, 3.05) is 13.1 Å². The minimum Gasteiger partial charge on any atom is -0.316 e. The van der Waals surface area contributed by atoms with Crippen LogP contribution in [0.25, 0.3) is 0 Å². The molecule has 1 N–H and O–H groups in total. The highest BCUT2D eigenvalue weighted by atomic mass is 19.1. The highest BCUT2D eigenvalue weighted by Crippen LogP contribution is 2.23. The molecule has 1 nitrogen and oxygen atoms in total. The van der Waals surface area contributed by atoms with Gasteiger partial charge < -0.3 is 5.32 Å². The SMILES string of the molecule is CCCCCCCC(CNCC(C)C)c1cccc(F)c1. The number of rotatable bonds is 11. The predicted octanol–water partition coefficient (Wildman–Crippen LogP) is 5.52. The van der Waals surface area contributed by atoms with Gasteiger partial charge in [0.2, 0.25) is 0 Å². The molecule has 0 saturated heterocycles. The smallest absolute Gasteiger partial charge is 0.123 e. The van der Waals surface area contributed by atoms with Crippen LogP contribution in [0.3, 0.4) is 0 Å². The molecule has 0 aliphatic heterocycles. The molecule has 1 aromatic carbocycles. The van der Waals surface area contributed by atoms with Crippen molar-refractivity contribution in [3.63, 3.8) is 0 Å². The predicted molar refractivity (Wildman–Crippen MR) is 90.2 cm³/mol. The number of hydrogen-bond donors (Lipinski definition) is 1. The van der Waals surface area contributed by atoms with Gasteiger partial charge in [-0.3, -0.25) is 0 Å². The van der Waals surface area contributed by atoms with E-state index in [9.17, 15) is 4.39 Å². The van der Waals surface area contributed by atoms with E-state index in [0.29, 0.717) is 11.8 Å². The Morgan fingerprint density at radius 1 is 1.05 bits per heavy atom. The summed E-state index contributed by atoms with van der Waals surface area (Å²) >= 11 is 0. The first kappa shape index (κ1) is 18.2. The zero-order valence-corrected chi connectivity index (χ0v) is 14.0. The van der Waals surface area contributed by atoms with Gasteiger partial charge in [-0.15, -0.1) is 0 Å². The zero-order valence-electron chi connectivity index (χ0n) is 14.0. The van der Waals surface area contributed by atoms with Gasteiger partial charge in [-0.1, -0.05) is 65.0 Å². The lowest BCUT2D eigenvalue weighted by Crippen LogP contribution is -2.25. The van der Waals surface area contributed by atoms with Gasteiger partial charge in [-0.25, -0.2) is 4.39 Å². The molecule has 0 aliphatic rings. The van der Waals surface area contributed by atoms with Crippen molar-refractivity contribution < 1.29 is 4.39 Å². The van der Waals surface area contributed by atoms with Crippen molar-refractivity contribution in [3.8, 4) is 0 Å². The van der Waals surface area contributed by atoms with Gasteiger partial charge in [0, 0.05) is 6.54 Å². The normalized spacial score (nSPS) is 12.8. The summed E-state index contributed by atoms with van der Waals surface area (Å²) in [6.07, 6.45) is 7.62. The van der Waals surface area contributed by atoms with Crippen LogP contribution in [0.2, 0.25) is 0 Å². The largest absolute Gasteiger partial charge is 0.316 e. The second-order valence-corrected chi connectivity index (χ2v) is 6.51. The second kappa shape index (κ2) is 10.8. The average Bonchev–Trinajstić information content (AvgIpc) is 2.45. The van der Waals surface area contributed by atoms with Crippen LogP contribution >= 0.6 is 0 Å². The van der Waals surface area contributed by atoms with Crippen LogP contribution < -0.4 is 5.32 Å². The standard InChI is InChI=1S/C19H32FN/c1-4-5-6-7-8-10-18(15-21-14-16(2)3)17-11-9-12-19(20)13-17/h9,11-13,16,18,21H,4-8,10,14-15H2,1-3H3. The van der Waals surface area contributed by atoms with E-state index in [4.69, 9.17) is 0 Å². The van der Waals surface area contributed by atoms with Crippen molar-refractivity contribution in [3.05, 3.63) is 35.6 Å². The van der Waals surface area contributed by atoms with Crippen LogP contribution in [0.15, 0.2) is 24.3 Å². The summed E-state index contributed by atoms with van der Waals surface area (Å²) in [7, 11) is 0. The summed E-state index contributed by atoms with van der Waals surface area (Å²) in [4.78, 5) is 0. The maximum atomic E-state index is 13.4. The van der Waals surface area contributed by atoms with Crippen LogP contribution in [0, 0.1) is 11.7 Å². The molecule has 21 heavy (non-hydrogen) atoms. The fraction of sp³-hybridized carbons (Fsp3) is 0.684. The number of hydrogen-bond acceptors (Lipinski definition) is 1. The van der Waals surface area contributed by atoms with Gasteiger partial charge in [0.05, 0.1) is 0 Å². The summed E-state index contributed by atoms with van der Waals surface area (Å²) in [6, 6.07) is 7.13. The van der Waals surface area contributed by atoms with Crippen molar-refractivity contribution >= 4 is 0 Å². The molecule has 0 spiro atoms. The van der Waals surface area contributed by atoms with Crippen molar-refractivity contribution in [1.29, 1.82) is 0 Å². The number of unbranched alkanes of at least 4 members (excludes halogenated alkanes) is 4. The summed E-state index contributed by atoms with van der Waals surface area (Å²) in [5, 5.41) is 3.53. The van der Waals surface area contributed by atoms with Gasteiger partial charge >= 0.3 is 0 Å². The van der Waals surface area contributed by atoms with Crippen LogP contribution in [-0.4, -0.2) is 13.1 Å². The van der Waals surface area contributed by atoms with Crippen LogP contribution in [0.1, 0.15) is 70.8 Å². The second-order valence-electron chi connectivity index (χ2n) is 6.51. The number of nitrogens with one attached hydrogen (secondary N) is 1. The van der Waals surface area contributed by atoms with E-state index in [1.54, 1.807) is 6.07 Å². The molecule has 0 amide bonds. The first-order valence-corrected chi connectivity index (χ1v) is 8.59. The molecule has 0 fully saturated rings. The van der Waals surface area contributed by atoms with Crippen molar-refractivity contribution in [2.45, 2.75) is 65.2 Å². The Hall–Kier alpha value is -0.890. The molecule has 1 aromatic rings. The van der Waals surface area contributed by atoms with Gasteiger partial charge in [-0.05, 0) is 42.5 Å². The first-order chi connectivity index (χ1) is 10.1. The third-order valence-corrected chi connectivity index (χ3v) is 3.92. The van der Waals surface area contributed by atoms with E-state index >= 15 is 0 Å². The molecule has 0 bridgehead atoms. The molecule has 120 valence electrons. The maximum absolute atomic E-state index is 13.4. The Kier molecular flexibility index (Phi) is 9.32. The molecule has 0 radical (unpaired) electrons. The van der Waals surface area contributed by atoms with Gasteiger partial charge in [0.1, 0.15) is 5.82 Å². The molecular formula is C19H32FN. The molecular weight excluding hydrogens is 261 g/mol. The Morgan fingerprint density at radius 3 is 2.48 bits per heavy atom. The molecule has 0 aliphatic carbocycles. The summed E-state index contributed by atoms with van der Waals surface area (Å²) < 4.78 is 13.4. The fourth-order valence-corrected chi connectivity index (χ4v) is 2.69.